The highest BCUT2D eigenvalue weighted by atomic mass is 16.5. The molecule has 0 radical (unpaired) electrons. The molecule has 0 spiro atoms. The summed E-state index contributed by atoms with van der Waals surface area (Å²) in [7, 11) is 0. The number of nitrogens with two attached hydrogens (primary N) is 1. The second-order valence-electron chi connectivity index (χ2n) is 4.79. The molecular weight excluding hydrogens is 244 g/mol. The standard InChI is InChI=1S/C14H20N2O3/c1-8(2)16-13(17)10(4)19-14(18)12-6-5-11(15)7-9(12)3/h5-8,10H,15H2,1-4H3,(H,16,17). The molecule has 0 saturated heterocycles. The van der Waals surface area contributed by atoms with Gasteiger partial charge in [0.05, 0.1) is 5.56 Å². The SMILES string of the molecule is Cc1cc(N)ccc1C(=O)OC(C)C(=O)NC(C)C. The fraction of sp³-hybridized carbons (Fsp3) is 0.429. The molecule has 5 nitrogen and oxygen atoms in total. The molecule has 1 atom stereocenters. The van der Waals surface area contributed by atoms with Gasteiger partial charge in [0.1, 0.15) is 0 Å². The van der Waals surface area contributed by atoms with Gasteiger partial charge in [0, 0.05) is 11.7 Å². The molecule has 1 rings (SSSR count). The Morgan fingerprint density at radius 1 is 1.26 bits per heavy atom. The normalized spacial score (nSPS) is 12.1. The van der Waals surface area contributed by atoms with Gasteiger partial charge in [0.25, 0.3) is 5.91 Å². The molecule has 0 aliphatic carbocycles. The number of esters is 1. The Balaban J connectivity index is 2.71. The Morgan fingerprint density at radius 2 is 1.89 bits per heavy atom. The highest BCUT2D eigenvalue weighted by molar-refractivity contribution is 5.93. The molecule has 1 amide bonds. The Kier molecular flexibility index (Phi) is 4.92. The van der Waals surface area contributed by atoms with Gasteiger partial charge in [0.15, 0.2) is 6.10 Å². The Labute approximate surface area is 113 Å². The predicted octanol–water partition coefficient (Wildman–Crippen LogP) is 1.65. The molecule has 104 valence electrons. The second-order valence-corrected chi connectivity index (χ2v) is 4.79. The van der Waals surface area contributed by atoms with Crippen LogP contribution in [0.1, 0.15) is 36.7 Å². The van der Waals surface area contributed by atoms with Crippen molar-refractivity contribution in [3.63, 3.8) is 0 Å². The number of aryl methyl sites for hydroxylation is 1. The van der Waals surface area contributed by atoms with Crippen LogP contribution in [-0.2, 0) is 9.53 Å². The minimum Gasteiger partial charge on any atom is -0.449 e. The molecule has 0 heterocycles. The summed E-state index contributed by atoms with van der Waals surface area (Å²) in [5, 5.41) is 2.69. The van der Waals surface area contributed by atoms with Crippen LogP contribution >= 0.6 is 0 Å². The van der Waals surface area contributed by atoms with Crippen LogP contribution in [0.4, 0.5) is 5.69 Å². The number of rotatable bonds is 4. The van der Waals surface area contributed by atoms with Gasteiger partial charge in [-0.05, 0) is 51.5 Å². The number of carbonyl (C=O) groups excluding carboxylic acids is 2. The van der Waals surface area contributed by atoms with Crippen molar-refractivity contribution in [3.05, 3.63) is 29.3 Å². The number of hydrogen-bond donors (Lipinski definition) is 2. The van der Waals surface area contributed by atoms with E-state index in [2.05, 4.69) is 5.32 Å². The molecule has 1 aromatic rings. The average Bonchev–Trinajstić information content (AvgIpc) is 2.27. The molecule has 0 fully saturated rings. The first-order valence-electron chi connectivity index (χ1n) is 6.18. The number of carbonyl (C=O) groups is 2. The van der Waals surface area contributed by atoms with Crippen LogP contribution in [-0.4, -0.2) is 24.0 Å². The van der Waals surface area contributed by atoms with Crippen molar-refractivity contribution in [1.29, 1.82) is 0 Å². The van der Waals surface area contributed by atoms with Gasteiger partial charge in [-0.25, -0.2) is 4.79 Å². The number of nitrogen functional groups attached to an aromatic ring is 1. The molecule has 0 aliphatic heterocycles. The van der Waals surface area contributed by atoms with E-state index in [0.717, 1.165) is 5.56 Å². The van der Waals surface area contributed by atoms with Gasteiger partial charge in [-0.1, -0.05) is 0 Å². The predicted molar refractivity (Wildman–Crippen MR) is 73.7 cm³/mol. The lowest BCUT2D eigenvalue weighted by Crippen LogP contribution is -2.39. The number of nitrogens with one attached hydrogen (secondary N) is 1. The van der Waals surface area contributed by atoms with Crippen molar-refractivity contribution >= 4 is 17.6 Å². The van der Waals surface area contributed by atoms with Crippen molar-refractivity contribution in [3.8, 4) is 0 Å². The van der Waals surface area contributed by atoms with Crippen LogP contribution in [0.3, 0.4) is 0 Å². The third-order valence-electron chi connectivity index (χ3n) is 2.55. The zero-order valence-corrected chi connectivity index (χ0v) is 11.7. The van der Waals surface area contributed by atoms with Crippen molar-refractivity contribution in [2.75, 3.05) is 5.73 Å². The van der Waals surface area contributed by atoms with Crippen molar-refractivity contribution < 1.29 is 14.3 Å². The van der Waals surface area contributed by atoms with E-state index in [1.165, 1.54) is 0 Å². The van der Waals surface area contributed by atoms with E-state index in [1.54, 1.807) is 32.0 Å². The van der Waals surface area contributed by atoms with Gasteiger partial charge < -0.3 is 15.8 Å². The smallest absolute Gasteiger partial charge is 0.339 e. The molecular formula is C14H20N2O3. The average molecular weight is 264 g/mol. The first kappa shape index (κ1) is 15.0. The van der Waals surface area contributed by atoms with Gasteiger partial charge >= 0.3 is 5.97 Å². The van der Waals surface area contributed by atoms with Crippen LogP contribution in [0.15, 0.2) is 18.2 Å². The first-order valence-corrected chi connectivity index (χ1v) is 6.18. The summed E-state index contributed by atoms with van der Waals surface area (Å²) in [6.07, 6.45) is -0.827. The highest BCUT2D eigenvalue weighted by Gasteiger charge is 2.20. The Morgan fingerprint density at radius 3 is 2.42 bits per heavy atom. The fourth-order valence-electron chi connectivity index (χ4n) is 1.60. The van der Waals surface area contributed by atoms with E-state index in [-0.39, 0.29) is 11.9 Å². The maximum absolute atomic E-state index is 11.9. The minimum absolute atomic E-state index is 0.00640. The molecule has 1 unspecified atom stereocenters. The molecule has 1 aromatic carbocycles. The molecule has 19 heavy (non-hydrogen) atoms. The summed E-state index contributed by atoms with van der Waals surface area (Å²) in [6, 6.07) is 4.92. The Bertz CT molecular complexity index is 484. The number of benzene rings is 1. The monoisotopic (exact) mass is 264 g/mol. The third kappa shape index (κ3) is 4.28. The largest absolute Gasteiger partial charge is 0.449 e. The lowest BCUT2D eigenvalue weighted by atomic mass is 10.1. The Hall–Kier alpha value is -2.04. The first-order chi connectivity index (χ1) is 8.81. The summed E-state index contributed by atoms with van der Waals surface area (Å²) >= 11 is 0. The van der Waals surface area contributed by atoms with E-state index in [4.69, 9.17) is 10.5 Å². The van der Waals surface area contributed by atoms with Crippen molar-refractivity contribution in [1.82, 2.24) is 5.32 Å². The molecule has 0 aliphatic rings. The topological polar surface area (TPSA) is 81.4 Å². The maximum Gasteiger partial charge on any atom is 0.339 e. The molecule has 0 saturated carbocycles. The van der Waals surface area contributed by atoms with Crippen LogP contribution < -0.4 is 11.1 Å². The third-order valence-corrected chi connectivity index (χ3v) is 2.55. The van der Waals surface area contributed by atoms with E-state index in [9.17, 15) is 9.59 Å². The van der Waals surface area contributed by atoms with Crippen molar-refractivity contribution in [2.24, 2.45) is 0 Å². The zero-order chi connectivity index (χ0) is 14.6. The van der Waals surface area contributed by atoms with Crippen LogP contribution in [0.25, 0.3) is 0 Å². The minimum atomic E-state index is -0.827. The summed E-state index contributed by atoms with van der Waals surface area (Å²) in [6.45, 7) is 7.00. The lowest BCUT2D eigenvalue weighted by Gasteiger charge is -2.16. The number of amides is 1. The number of anilines is 1. The van der Waals surface area contributed by atoms with Crippen molar-refractivity contribution in [2.45, 2.75) is 39.8 Å². The number of hydrogen-bond acceptors (Lipinski definition) is 4. The highest BCUT2D eigenvalue weighted by Crippen LogP contribution is 2.14. The van der Waals surface area contributed by atoms with E-state index in [1.807, 2.05) is 13.8 Å². The molecule has 0 bridgehead atoms. The summed E-state index contributed by atoms with van der Waals surface area (Å²) in [4.78, 5) is 23.6. The van der Waals surface area contributed by atoms with E-state index < -0.39 is 12.1 Å². The van der Waals surface area contributed by atoms with E-state index >= 15 is 0 Å². The summed E-state index contributed by atoms with van der Waals surface area (Å²) < 4.78 is 5.13. The maximum atomic E-state index is 11.9. The van der Waals surface area contributed by atoms with Crippen LogP contribution in [0.5, 0.6) is 0 Å². The zero-order valence-electron chi connectivity index (χ0n) is 11.7. The van der Waals surface area contributed by atoms with Gasteiger partial charge in [0.2, 0.25) is 0 Å². The quantitative estimate of drug-likeness (QED) is 0.640. The van der Waals surface area contributed by atoms with Gasteiger partial charge in [-0.15, -0.1) is 0 Å². The molecule has 0 aromatic heterocycles. The second kappa shape index (κ2) is 6.22. The summed E-state index contributed by atoms with van der Waals surface area (Å²) in [5.41, 5.74) is 7.34. The summed E-state index contributed by atoms with van der Waals surface area (Å²) in [5.74, 6) is -0.833. The van der Waals surface area contributed by atoms with Crippen LogP contribution in [0, 0.1) is 6.92 Å². The van der Waals surface area contributed by atoms with Gasteiger partial charge in [-0.2, -0.15) is 0 Å². The molecule has 3 N–H and O–H groups in total. The van der Waals surface area contributed by atoms with E-state index in [0.29, 0.717) is 11.3 Å². The molecule has 5 heteroatoms. The van der Waals surface area contributed by atoms with Crippen LogP contribution in [0.2, 0.25) is 0 Å². The lowest BCUT2D eigenvalue weighted by molar-refractivity contribution is -0.129. The number of ether oxygens (including phenoxy) is 1. The fourth-order valence-corrected chi connectivity index (χ4v) is 1.60. The van der Waals surface area contributed by atoms with Gasteiger partial charge in [-0.3, -0.25) is 4.79 Å².